The monoisotopic (exact) mass is 609 g/mol. The molecule has 0 saturated heterocycles. The average Bonchev–Trinajstić information content (AvgIpc) is 2.88. The summed E-state index contributed by atoms with van der Waals surface area (Å²) in [5.41, 5.74) is 1.70. The van der Waals surface area contributed by atoms with E-state index in [2.05, 4.69) is 5.32 Å². The Hall–Kier alpha value is -2.78. The van der Waals surface area contributed by atoms with E-state index in [0.29, 0.717) is 39.3 Å². The number of rotatable bonds is 11. The number of halogens is 3. The topological polar surface area (TPSA) is 86.8 Å². The highest BCUT2D eigenvalue weighted by atomic mass is 35.5. The van der Waals surface area contributed by atoms with Crippen molar-refractivity contribution >= 4 is 62.3 Å². The van der Waals surface area contributed by atoms with Crippen LogP contribution in [-0.2, 0) is 26.2 Å². The van der Waals surface area contributed by atoms with Gasteiger partial charge in [-0.1, -0.05) is 59.9 Å². The van der Waals surface area contributed by atoms with E-state index in [1.807, 2.05) is 13.0 Å². The van der Waals surface area contributed by atoms with Gasteiger partial charge in [0.2, 0.25) is 11.8 Å². The summed E-state index contributed by atoms with van der Waals surface area (Å²) in [4.78, 5) is 28.3. The molecule has 0 saturated carbocycles. The van der Waals surface area contributed by atoms with Crippen molar-refractivity contribution in [3.05, 3.63) is 92.9 Å². The van der Waals surface area contributed by atoms with Crippen molar-refractivity contribution in [2.24, 2.45) is 0 Å². The molecule has 0 aliphatic heterocycles. The molecule has 7 nitrogen and oxygen atoms in total. The number of carbonyl (C=O) groups is 2. The summed E-state index contributed by atoms with van der Waals surface area (Å²) in [6.45, 7) is 5.20. The molecule has 0 bridgehead atoms. The predicted octanol–water partition coefficient (Wildman–Crippen LogP) is 6.09. The minimum atomic E-state index is -4.18. The molecule has 0 heterocycles. The van der Waals surface area contributed by atoms with Crippen molar-refractivity contribution in [1.82, 2.24) is 10.2 Å². The van der Waals surface area contributed by atoms with Gasteiger partial charge < -0.3 is 10.2 Å². The largest absolute Gasteiger partial charge is 0.355 e. The molecule has 0 aromatic heterocycles. The quantitative estimate of drug-likeness (QED) is 0.285. The summed E-state index contributed by atoms with van der Waals surface area (Å²) in [6, 6.07) is 16.6. The molecule has 11 heteroatoms. The highest BCUT2D eigenvalue weighted by Gasteiger charge is 2.33. The van der Waals surface area contributed by atoms with Crippen molar-refractivity contribution < 1.29 is 18.0 Å². The normalized spacial score (nSPS) is 12.1. The Labute approximate surface area is 244 Å². The zero-order valence-corrected chi connectivity index (χ0v) is 24.9. The third-order valence-corrected chi connectivity index (χ3v) is 8.69. The smallest absolute Gasteiger partial charge is 0.264 e. The second-order valence-corrected chi connectivity index (χ2v) is 12.0. The second-order valence-electron chi connectivity index (χ2n) is 8.88. The van der Waals surface area contributed by atoms with Gasteiger partial charge in [-0.3, -0.25) is 13.9 Å². The van der Waals surface area contributed by atoms with Crippen molar-refractivity contribution in [2.75, 3.05) is 17.4 Å². The molecule has 39 heavy (non-hydrogen) atoms. The third-order valence-electron chi connectivity index (χ3n) is 6.06. The molecule has 0 spiro atoms. The number of nitrogens with zero attached hydrogens (tertiary/aromatic N) is 2. The van der Waals surface area contributed by atoms with Gasteiger partial charge in [-0.25, -0.2) is 8.42 Å². The Bertz CT molecular complexity index is 1430. The predicted molar refractivity (Wildman–Crippen MR) is 157 cm³/mol. The lowest BCUT2D eigenvalue weighted by molar-refractivity contribution is -0.140. The van der Waals surface area contributed by atoms with Crippen molar-refractivity contribution in [2.45, 2.75) is 44.7 Å². The zero-order valence-electron chi connectivity index (χ0n) is 21.8. The van der Waals surface area contributed by atoms with E-state index in [0.717, 1.165) is 9.87 Å². The molecule has 1 atom stereocenters. The van der Waals surface area contributed by atoms with Crippen LogP contribution >= 0.6 is 34.8 Å². The number of sulfonamides is 1. The lowest BCUT2D eigenvalue weighted by atomic mass is 10.1. The number of hydrogen-bond donors (Lipinski definition) is 1. The molecule has 0 unspecified atom stereocenters. The Kier molecular flexibility index (Phi) is 10.7. The first-order valence-electron chi connectivity index (χ1n) is 12.3. The third kappa shape index (κ3) is 7.66. The average molecular weight is 611 g/mol. The van der Waals surface area contributed by atoms with E-state index in [9.17, 15) is 18.0 Å². The molecular weight excluding hydrogens is 581 g/mol. The van der Waals surface area contributed by atoms with Crippen LogP contribution in [0.1, 0.15) is 31.4 Å². The minimum absolute atomic E-state index is 0.0207. The number of anilines is 1. The SMILES string of the molecule is CCNC(=O)[C@@H](CC)N(Cc1ccc(Cl)cc1Cl)C(=O)CN(c1cccc(C)c1)S(=O)(=O)c1ccc(Cl)cc1. The van der Waals surface area contributed by atoms with Gasteiger partial charge in [-0.2, -0.15) is 0 Å². The van der Waals surface area contributed by atoms with Crippen molar-refractivity contribution in [1.29, 1.82) is 0 Å². The van der Waals surface area contributed by atoms with Gasteiger partial charge in [0, 0.05) is 28.2 Å². The molecule has 0 aliphatic carbocycles. The summed E-state index contributed by atoms with van der Waals surface area (Å²) in [7, 11) is -4.18. The number of nitrogens with one attached hydrogen (secondary N) is 1. The first-order chi connectivity index (χ1) is 18.5. The van der Waals surface area contributed by atoms with Gasteiger partial charge in [-0.15, -0.1) is 0 Å². The Morgan fingerprint density at radius 3 is 2.18 bits per heavy atom. The molecule has 2 amide bonds. The van der Waals surface area contributed by atoms with E-state index < -0.39 is 28.5 Å². The molecule has 3 rings (SSSR count). The molecule has 0 fully saturated rings. The van der Waals surface area contributed by atoms with Crippen LogP contribution in [0.4, 0.5) is 5.69 Å². The van der Waals surface area contributed by atoms with Crippen LogP contribution in [0, 0.1) is 6.92 Å². The Balaban J connectivity index is 2.08. The molecular formula is C28H30Cl3N3O4S. The number of likely N-dealkylation sites (N-methyl/N-ethyl adjacent to an activating group) is 1. The van der Waals surface area contributed by atoms with E-state index in [-0.39, 0.29) is 17.3 Å². The van der Waals surface area contributed by atoms with E-state index >= 15 is 0 Å². The summed E-state index contributed by atoms with van der Waals surface area (Å²) in [5.74, 6) is -0.917. The number of benzene rings is 3. The van der Waals surface area contributed by atoms with Crippen LogP contribution in [-0.4, -0.2) is 44.3 Å². The molecule has 3 aromatic rings. The molecule has 208 valence electrons. The maximum atomic E-state index is 14.0. The Morgan fingerprint density at radius 1 is 0.923 bits per heavy atom. The van der Waals surface area contributed by atoms with Crippen molar-refractivity contribution in [3.8, 4) is 0 Å². The van der Waals surface area contributed by atoms with Gasteiger partial charge in [0.05, 0.1) is 10.6 Å². The van der Waals surface area contributed by atoms with Crippen LogP contribution in [0.25, 0.3) is 0 Å². The van der Waals surface area contributed by atoms with E-state index in [4.69, 9.17) is 34.8 Å². The lowest BCUT2D eigenvalue weighted by Gasteiger charge is -2.33. The lowest BCUT2D eigenvalue weighted by Crippen LogP contribution is -2.52. The van der Waals surface area contributed by atoms with Crippen LogP contribution in [0.3, 0.4) is 0 Å². The van der Waals surface area contributed by atoms with Gasteiger partial charge >= 0.3 is 0 Å². The summed E-state index contributed by atoms with van der Waals surface area (Å²) < 4.78 is 28.7. The number of aryl methyl sites for hydroxylation is 1. The molecule has 0 radical (unpaired) electrons. The molecule has 3 aromatic carbocycles. The first kappa shape index (κ1) is 30.8. The van der Waals surface area contributed by atoms with Gasteiger partial charge in [0.15, 0.2) is 0 Å². The molecule has 1 N–H and O–H groups in total. The number of amides is 2. The maximum Gasteiger partial charge on any atom is 0.264 e. The van der Waals surface area contributed by atoms with Gasteiger partial charge in [0.25, 0.3) is 10.0 Å². The van der Waals surface area contributed by atoms with E-state index in [1.54, 1.807) is 50.2 Å². The summed E-state index contributed by atoms with van der Waals surface area (Å²) in [5, 5.41) is 3.90. The van der Waals surface area contributed by atoms with Crippen LogP contribution in [0.15, 0.2) is 71.6 Å². The van der Waals surface area contributed by atoms with Crippen molar-refractivity contribution in [3.63, 3.8) is 0 Å². The zero-order chi connectivity index (χ0) is 28.7. The summed E-state index contributed by atoms with van der Waals surface area (Å²) in [6.07, 6.45) is 0.303. The Morgan fingerprint density at radius 2 is 1.59 bits per heavy atom. The van der Waals surface area contributed by atoms with Crippen LogP contribution < -0.4 is 9.62 Å². The van der Waals surface area contributed by atoms with E-state index in [1.165, 1.54) is 29.2 Å². The minimum Gasteiger partial charge on any atom is -0.355 e. The fourth-order valence-electron chi connectivity index (χ4n) is 4.09. The van der Waals surface area contributed by atoms with Gasteiger partial charge in [-0.05, 0) is 79.9 Å². The van der Waals surface area contributed by atoms with Crippen LogP contribution in [0.2, 0.25) is 15.1 Å². The van der Waals surface area contributed by atoms with Gasteiger partial charge in [0.1, 0.15) is 12.6 Å². The first-order valence-corrected chi connectivity index (χ1v) is 14.9. The maximum absolute atomic E-state index is 14.0. The fraction of sp³-hybridized carbons (Fsp3) is 0.286. The highest BCUT2D eigenvalue weighted by molar-refractivity contribution is 7.92. The number of carbonyl (C=O) groups excluding carboxylic acids is 2. The standard InChI is InChI=1S/C28H30Cl3N3O4S/c1-4-26(28(36)32-5-2)33(17-20-9-10-22(30)16-25(20)31)27(35)18-34(23-8-6-7-19(3)15-23)39(37,38)24-13-11-21(29)12-14-24/h6-16,26H,4-5,17-18H2,1-3H3,(H,32,36)/t26-/m1/s1. The summed E-state index contributed by atoms with van der Waals surface area (Å²) >= 11 is 18.5. The highest BCUT2D eigenvalue weighted by Crippen LogP contribution is 2.28. The fourth-order valence-corrected chi connectivity index (χ4v) is 6.09. The molecule has 0 aliphatic rings. The second kappa shape index (κ2) is 13.5. The number of hydrogen-bond acceptors (Lipinski definition) is 4. The van der Waals surface area contributed by atoms with Crippen LogP contribution in [0.5, 0.6) is 0 Å².